The molecule has 0 saturated carbocycles. The Bertz CT molecular complexity index is 387. The fraction of sp³-hybridized carbons (Fsp3) is 0.500. The fourth-order valence-electron chi connectivity index (χ4n) is 1.99. The maximum Gasteiger partial charge on any atom is 0.235 e. The number of fused-ring (bicyclic) bond motifs is 1. The molecule has 0 radical (unpaired) electrons. The van der Waals surface area contributed by atoms with Crippen LogP contribution in [0.25, 0.3) is 0 Å². The van der Waals surface area contributed by atoms with E-state index in [1.54, 1.807) is 6.20 Å². The van der Waals surface area contributed by atoms with Crippen molar-refractivity contribution in [3.05, 3.63) is 23.9 Å². The summed E-state index contributed by atoms with van der Waals surface area (Å²) < 4.78 is 0. The van der Waals surface area contributed by atoms with Gasteiger partial charge in [-0.3, -0.25) is 9.69 Å². The van der Waals surface area contributed by atoms with E-state index in [1.807, 2.05) is 24.0 Å². The van der Waals surface area contributed by atoms with Crippen LogP contribution in [0, 0.1) is 5.92 Å². The molecule has 1 amide bonds. The summed E-state index contributed by atoms with van der Waals surface area (Å²) in [5.74, 6) is 1.46. The van der Waals surface area contributed by atoms with Crippen LogP contribution in [0.15, 0.2) is 18.3 Å². The number of amides is 1. The first-order valence-electron chi connectivity index (χ1n) is 5.37. The molecule has 0 saturated heterocycles. The summed E-state index contributed by atoms with van der Waals surface area (Å²) in [6, 6.07) is 3.88. The summed E-state index contributed by atoms with van der Waals surface area (Å²) in [6.07, 6.45) is 1.75. The molecule has 0 aromatic carbocycles. The van der Waals surface area contributed by atoms with Crippen molar-refractivity contribution in [2.45, 2.75) is 26.7 Å². The zero-order valence-corrected chi connectivity index (χ0v) is 9.40. The highest BCUT2D eigenvalue weighted by atomic mass is 16.2. The second kappa shape index (κ2) is 3.65. The van der Waals surface area contributed by atoms with Crippen LogP contribution in [0.4, 0.5) is 5.82 Å². The first kappa shape index (κ1) is 10.1. The lowest BCUT2D eigenvalue weighted by atomic mass is 10.1. The van der Waals surface area contributed by atoms with Crippen LogP contribution in [0.5, 0.6) is 0 Å². The minimum Gasteiger partial charge on any atom is -0.296 e. The highest BCUT2D eigenvalue weighted by Crippen LogP contribution is 2.35. The fourth-order valence-corrected chi connectivity index (χ4v) is 1.99. The second-order valence-electron chi connectivity index (χ2n) is 4.48. The van der Waals surface area contributed by atoms with Gasteiger partial charge in [-0.25, -0.2) is 4.98 Å². The van der Waals surface area contributed by atoms with Gasteiger partial charge in [0.25, 0.3) is 0 Å². The Hall–Kier alpha value is -1.38. The Kier molecular flexibility index (Phi) is 2.47. The monoisotopic (exact) mass is 204 g/mol. The lowest BCUT2D eigenvalue weighted by Gasteiger charge is -2.18. The quantitative estimate of drug-likeness (QED) is 0.739. The number of hydrogen-bond acceptors (Lipinski definition) is 2. The highest BCUT2D eigenvalue weighted by molar-refractivity contribution is 6.03. The van der Waals surface area contributed by atoms with Crippen molar-refractivity contribution >= 4 is 11.7 Å². The van der Waals surface area contributed by atoms with Gasteiger partial charge in [-0.15, -0.1) is 0 Å². The molecule has 0 aliphatic carbocycles. The molecule has 1 aliphatic heterocycles. The summed E-state index contributed by atoms with van der Waals surface area (Å²) in [4.78, 5) is 18.1. The molecular formula is C12H16N2O. The predicted molar refractivity (Wildman–Crippen MR) is 59.8 cm³/mol. The summed E-state index contributed by atoms with van der Waals surface area (Å²) in [6.45, 7) is 6.92. The van der Waals surface area contributed by atoms with E-state index in [0.717, 1.165) is 17.9 Å². The van der Waals surface area contributed by atoms with E-state index in [2.05, 4.69) is 18.8 Å². The molecule has 1 aromatic rings. The Morgan fingerprint density at radius 2 is 2.27 bits per heavy atom. The van der Waals surface area contributed by atoms with E-state index in [4.69, 9.17) is 0 Å². The maximum absolute atomic E-state index is 12.0. The number of pyridine rings is 1. The maximum atomic E-state index is 12.0. The van der Waals surface area contributed by atoms with Gasteiger partial charge in [0.1, 0.15) is 5.82 Å². The van der Waals surface area contributed by atoms with Crippen molar-refractivity contribution in [2.24, 2.45) is 5.92 Å². The van der Waals surface area contributed by atoms with Crippen molar-refractivity contribution in [1.29, 1.82) is 0 Å². The molecule has 0 bridgehead atoms. The topological polar surface area (TPSA) is 33.2 Å². The van der Waals surface area contributed by atoms with E-state index in [9.17, 15) is 4.79 Å². The SMILES string of the molecule is CC(C)CN1C(=O)C(C)c2cccnc21. The third-order valence-electron chi connectivity index (χ3n) is 2.72. The number of aromatic nitrogens is 1. The van der Waals surface area contributed by atoms with Crippen LogP contribution >= 0.6 is 0 Å². The van der Waals surface area contributed by atoms with Gasteiger partial charge in [0.15, 0.2) is 0 Å². The Labute approximate surface area is 90.1 Å². The molecular weight excluding hydrogens is 188 g/mol. The summed E-state index contributed by atoms with van der Waals surface area (Å²) in [5, 5.41) is 0. The van der Waals surface area contributed by atoms with Crippen molar-refractivity contribution < 1.29 is 4.79 Å². The summed E-state index contributed by atoms with van der Waals surface area (Å²) in [5.41, 5.74) is 1.06. The molecule has 0 N–H and O–H groups in total. The number of rotatable bonds is 2. The molecule has 1 aliphatic rings. The van der Waals surface area contributed by atoms with Gasteiger partial charge in [-0.1, -0.05) is 19.9 Å². The average molecular weight is 204 g/mol. The smallest absolute Gasteiger partial charge is 0.235 e. The third kappa shape index (κ3) is 1.62. The van der Waals surface area contributed by atoms with Crippen molar-refractivity contribution in [3.8, 4) is 0 Å². The minimum atomic E-state index is -0.0348. The molecule has 1 atom stereocenters. The first-order valence-corrected chi connectivity index (χ1v) is 5.37. The lowest BCUT2D eigenvalue weighted by molar-refractivity contribution is -0.119. The Balaban J connectivity index is 2.38. The molecule has 3 heteroatoms. The number of nitrogens with zero attached hydrogens (tertiary/aromatic N) is 2. The van der Waals surface area contributed by atoms with Crippen LogP contribution in [-0.4, -0.2) is 17.4 Å². The predicted octanol–water partition coefficient (Wildman–Crippen LogP) is 2.19. The minimum absolute atomic E-state index is 0.0348. The molecule has 0 fully saturated rings. The number of hydrogen-bond donors (Lipinski definition) is 0. The highest BCUT2D eigenvalue weighted by Gasteiger charge is 2.34. The van der Waals surface area contributed by atoms with Crippen LogP contribution < -0.4 is 4.90 Å². The van der Waals surface area contributed by atoms with E-state index < -0.39 is 0 Å². The molecule has 15 heavy (non-hydrogen) atoms. The Morgan fingerprint density at radius 3 is 2.93 bits per heavy atom. The zero-order valence-electron chi connectivity index (χ0n) is 9.40. The van der Waals surface area contributed by atoms with E-state index in [0.29, 0.717) is 5.92 Å². The molecule has 2 rings (SSSR count). The molecule has 3 nitrogen and oxygen atoms in total. The molecule has 1 unspecified atom stereocenters. The van der Waals surface area contributed by atoms with E-state index >= 15 is 0 Å². The summed E-state index contributed by atoms with van der Waals surface area (Å²) >= 11 is 0. The van der Waals surface area contributed by atoms with Crippen LogP contribution in [0.3, 0.4) is 0 Å². The van der Waals surface area contributed by atoms with Gasteiger partial charge in [-0.2, -0.15) is 0 Å². The standard InChI is InChI=1S/C12H16N2O/c1-8(2)7-14-11-10(5-4-6-13-11)9(3)12(14)15/h4-6,8-9H,7H2,1-3H3. The first-order chi connectivity index (χ1) is 7.11. The van der Waals surface area contributed by atoms with Gasteiger partial charge in [-0.05, 0) is 18.9 Å². The van der Waals surface area contributed by atoms with Crippen molar-refractivity contribution in [1.82, 2.24) is 4.98 Å². The van der Waals surface area contributed by atoms with Gasteiger partial charge in [0.2, 0.25) is 5.91 Å². The number of anilines is 1. The zero-order chi connectivity index (χ0) is 11.0. The third-order valence-corrected chi connectivity index (χ3v) is 2.72. The van der Waals surface area contributed by atoms with Crippen molar-refractivity contribution in [3.63, 3.8) is 0 Å². The molecule has 2 heterocycles. The average Bonchev–Trinajstić information content (AvgIpc) is 2.44. The lowest BCUT2D eigenvalue weighted by Crippen LogP contribution is -2.32. The van der Waals surface area contributed by atoms with Crippen LogP contribution in [-0.2, 0) is 4.79 Å². The van der Waals surface area contributed by atoms with Gasteiger partial charge in [0.05, 0.1) is 5.92 Å². The molecule has 1 aromatic heterocycles. The van der Waals surface area contributed by atoms with E-state index in [-0.39, 0.29) is 11.8 Å². The number of carbonyl (C=O) groups is 1. The van der Waals surface area contributed by atoms with Crippen LogP contribution in [0.1, 0.15) is 32.3 Å². The van der Waals surface area contributed by atoms with E-state index in [1.165, 1.54) is 0 Å². The molecule has 80 valence electrons. The van der Waals surface area contributed by atoms with Crippen molar-refractivity contribution in [2.75, 3.05) is 11.4 Å². The normalized spacial score (nSPS) is 19.9. The summed E-state index contributed by atoms with van der Waals surface area (Å²) in [7, 11) is 0. The number of carbonyl (C=O) groups excluding carboxylic acids is 1. The van der Waals surface area contributed by atoms with Gasteiger partial charge < -0.3 is 0 Å². The van der Waals surface area contributed by atoms with Gasteiger partial charge >= 0.3 is 0 Å². The van der Waals surface area contributed by atoms with Crippen LogP contribution in [0.2, 0.25) is 0 Å². The second-order valence-corrected chi connectivity index (χ2v) is 4.48. The Morgan fingerprint density at radius 1 is 1.53 bits per heavy atom. The van der Waals surface area contributed by atoms with Gasteiger partial charge in [0, 0.05) is 18.3 Å². The molecule has 0 spiro atoms. The largest absolute Gasteiger partial charge is 0.296 e.